The Labute approximate surface area is 62.8 Å². The van der Waals surface area contributed by atoms with Gasteiger partial charge in [-0.25, -0.2) is 0 Å². The molecule has 0 fully saturated rings. The fourth-order valence-electron chi connectivity index (χ4n) is 0.664. The third kappa shape index (κ3) is 1.14. The van der Waals surface area contributed by atoms with Crippen molar-refractivity contribution in [2.45, 2.75) is 5.88 Å². The van der Waals surface area contributed by atoms with Crippen molar-refractivity contribution in [3.8, 4) is 0 Å². The van der Waals surface area contributed by atoms with Gasteiger partial charge in [0.2, 0.25) is 0 Å². The van der Waals surface area contributed by atoms with Crippen molar-refractivity contribution in [2.24, 2.45) is 5.73 Å². The van der Waals surface area contributed by atoms with Crippen LogP contribution in [0.1, 0.15) is 16.1 Å². The van der Waals surface area contributed by atoms with Crippen LogP contribution in [0.5, 0.6) is 0 Å². The Hall–Kier alpha value is -0.960. The Morgan fingerprint density at radius 3 is 2.90 bits per heavy atom. The first-order valence-electron chi connectivity index (χ1n) is 2.68. The third-order valence-corrected chi connectivity index (χ3v) is 1.37. The molecule has 0 saturated carbocycles. The number of carbonyl (C=O) groups excluding carboxylic acids is 1. The summed E-state index contributed by atoms with van der Waals surface area (Å²) >= 11 is 5.42. The molecule has 0 spiro atoms. The number of hydrogen-bond donors (Lipinski definition) is 1. The van der Waals surface area contributed by atoms with Gasteiger partial charge in [0.1, 0.15) is 5.76 Å². The van der Waals surface area contributed by atoms with Gasteiger partial charge < -0.3 is 10.2 Å². The van der Waals surface area contributed by atoms with E-state index in [1.54, 1.807) is 0 Å². The SMILES string of the molecule is NC(=O)c1ccoc1CCl. The van der Waals surface area contributed by atoms with Gasteiger partial charge in [0.15, 0.2) is 0 Å². The summed E-state index contributed by atoms with van der Waals surface area (Å²) in [6, 6.07) is 1.50. The standard InChI is InChI=1S/C6H6ClNO2/c7-3-5-4(6(8)9)1-2-10-5/h1-2H,3H2,(H2,8,9). The summed E-state index contributed by atoms with van der Waals surface area (Å²) in [6.07, 6.45) is 1.39. The molecule has 1 aromatic rings. The Balaban J connectivity index is 3.01. The summed E-state index contributed by atoms with van der Waals surface area (Å²) in [7, 11) is 0. The van der Waals surface area contributed by atoms with Crippen molar-refractivity contribution in [3.63, 3.8) is 0 Å². The molecule has 0 aromatic carbocycles. The van der Waals surface area contributed by atoms with E-state index in [1.807, 2.05) is 0 Å². The highest BCUT2D eigenvalue weighted by molar-refractivity contribution is 6.17. The Kier molecular flexibility index (Phi) is 1.97. The van der Waals surface area contributed by atoms with Gasteiger partial charge in [-0.3, -0.25) is 4.79 Å². The monoisotopic (exact) mass is 159 g/mol. The molecule has 2 N–H and O–H groups in total. The van der Waals surface area contributed by atoms with Crippen molar-refractivity contribution >= 4 is 17.5 Å². The predicted octanol–water partition coefficient (Wildman–Crippen LogP) is 1.12. The molecule has 1 heterocycles. The first kappa shape index (κ1) is 7.15. The Morgan fingerprint density at radius 1 is 1.80 bits per heavy atom. The molecular weight excluding hydrogens is 154 g/mol. The van der Waals surface area contributed by atoms with Crippen molar-refractivity contribution in [3.05, 3.63) is 23.7 Å². The molecule has 0 aliphatic carbocycles. The zero-order chi connectivity index (χ0) is 7.56. The highest BCUT2D eigenvalue weighted by Crippen LogP contribution is 2.11. The van der Waals surface area contributed by atoms with E-state index < -0.39 is 5.91 Å². The lowest BCUT2D eigenvalue weighted by molar-refractivity contribution is 0.0999. The van der Waals surface area contributed by atoms with Crippen molar-refractivity contribution in [1.82, 2.24) is 0 Å². The van der Waals surface area contributed by atoms with Crippen LogP contribution in [0.3, 0.4) is 0 Å². The molecule has 0 bridgehead atoms. The quantitative estimate of drug-likeness (QED) is 0.658. The molecular formula is C6H6ClNO2. The van der Waals surface area contributed by atoms with Crippen LogP contribution >= 0.6 is 11.6 Å². The minimum absolute atomic E-state index is 0.172. The first-order valence-corrected chi connectivity index (χ1v) is 3.21. The van der Waals surface area contributed by atoms with Gasteiger partial charge in [-0.2, -0.15) is 0 Å². The van der Waals surface area contributed by atoms with E-state index in [0.717, 1.165) is 0 Å². The highest BCUT2D eigenvalue weighted by atomic mass is 35.5. The lowest BCUT2D eigenvalue weighted by Crippen LogP contribution is -2.11. The van der Waals surface area contributed by atoms with E-state index in [9.17, 15) is 4.79 Å². The predicted molar refractivity (Wildman–Crippen MR) is 36.8 cm³/mol. The summed E-state index contributed by atoms with van der Waals surface area (Å²) in [5.41, 5.74) is 5.33. The van der Waals surface area contributed by atoms with Gasteiger partial charge in [0, 0.05) is 0 Å². The summed E-state index contributed by atoms with van der Waals surface area (Å²) in [4.78, 5) is 10.5. The Morgan fingerprint density at radius 2 is 2.50 bits per heavy atom. The third-order valence-electron chi connectivity index (χ3n) is 1.13. The molecule has 1 rings (SSSR count). The molecule has 0 saturated heterocycles. The number of halogens is 1. The second kappa shape index (κ2) is 2.75. The number of primary amides is 1. The fourth-order valence-corrected chi connectivity index (χ4v) is 0.871. The van der Waals surface area contributed by atoms with Crippen molar-refractivity contribution < 1.29 is 9.21 Å². The van der Waals surface area contributed by atoms with Gasteiger partial charge in [0.05, 0.1) is 17.7 Å². The molecule has 0 aliphatic rings. The zero-order valence-electron chi connectivity index (χ0n) is 5.13. The van der Waals surface area contributed by atoms with Crippen molar-refractivity contribution in [2.75, 3.05) is 0 Å². The first-order chi connectivity index (χ1) is 4.75. The lowest BCUT2D eigenvalue weighted by atomic mass is 10.2. The van der Waals surface area contributed by atoms with Gasteiger partial charge >= 0.3 is 0 Å². The number of amides is 1. The molecule has 0 radical (unpaired) electrons. The molecule has 0 aliphatic heterocycles. The van der Waals surface area contributed by atoms with E-state index >= 15 is 0 Å². The van der Waals surface area contributed by atoms with E-state index in [2.05, 4.69) is 0 Å². The van der Waals surface area contributed by atoms with E-state index in [-0.39, 0.29) is 5.88 Å². The molecule has 0 atom stereocenters. The van der Waals surface area contributed by atoms with Crippen molar-refractivity contribution in [1.29, 1.82) is 0 Å². The number of hydrogen-bond acceptors (Lipinski definition) is 2. The van der Waals surface area contributed by atoms with Crippen LogP contribution in [-0.2, 0) is 5.88 Å². The van der Waals surface area contributed by atoms with Crippen LogP contribution in [0.15, 0.2) is 16.7 Å². The smallest absolute Gasteiger partial charge is 0.252 e. The van der Waals surface area contributed by atoms with Gasteiger partial charge in [-0.1, -0.05) is 0 Å². The lowest BCUT2D eigenvalue weighted by Gasteiger charge is -1.90. The fraction of sp³-hybridized carbons (Fsp3) is 0.167. The number of rotatable bonds is 2. The number of alkyl halides is 1. The molecule has 10 heavy (non-hydrogen) atoms. The summed E-state index contributed by atoms with van der Waals surface area (Å²) in [5.74, 6) is 0.0872. The van der Waals surface area contributed by atoms with Gasteiger partial charge in [-0.15, -0.1) is 11.6 Å². The summed E-state index contributed by atoms with van der Waals surface area (Å²) < 4.78 is 4.84. The maximum Gasteiger partial charge on any atom is 0.252 e. The van der Waals surface area contributed by atoms with Gasteiger partial charge in [0.25, 0.3) is 5.91 Å². The molecule has 1 amide bonds. The largest absolute Gasteiger partial charge is 0.467 e. The number of nitrogens with two attached hydrogens (primary N) is 1. The average molecular weight is 160 g/mol. The van der Waals surface area contributed by atoms with Crippen LogP contribution in [-0.4, -0.2) is 5.91 Å². The Bertz CT molecular complexity index is 244. The maximum absolute atomic E-state index is 10.5. The molecule has 4 heteroatoms. The second-order valence-electron chi connectivity index (χ2n) is 1.76. The molecule has 3 nitrogen and oxygen atoms in total. The second-order valence-corrected chi connectivity index (χ2v) is 2.02. The molecule has 54 valence electrons. The average Bonchev–Trinajstić information content (AvgIpc) is 2.33. The van der Waals surface area contributed by atoms with Crippen LogP contribution in [0.4, 0.5) is 0 Å². The zero-order valence-corrected chi connectivity index (χ0v) is 5.89. The molecule has 1 aromatic heterocycles. The minimum Gasteiger partial charge on any atom is -0.467 e. The number of carbonyl (C=O) groups is 1. The van der Waals surface area contributed by atoms with Crippen LogP contribution in [0.25, 0.3) is 0 Å². The van der Waals surface area contributed by atoms with E-state index in [1.165, 1.54) is 12.3 Å². The van der Waals surface area contributed by atoms with Crippen LogP contribution < -0.4 is 5.73 Å². The van der Waals surface area contributed by atoms with E-state index in [4.69, 9.17) is 21.8 Å². The highest BCUT2D eigenvalue weighted by Gasteiger charge is 2.08. The number of furan rings is 1. The topological polar surface area (TPSA) is 56.2 Å². The van der Waals surface area contributed by atoms with Crippen LogP contribution in [0, 0.1) is 0 Å². The molecule has 0 unspecified atom stereocenters. The summed E-state index contributed by atoms with van der Waals surface area (Å²) in [6.45, 7) is 0. The summed E-state index contributed by atoms with van der Waals surface area (Å²) in [5, 5.41) is 0. The van der Waals surface area contributed by atoms with Crippen LogP contribution in [0.2, 0.25) is 0 Å². The van der Waals surface area contributed by atoms with Gasteiger partial charge in [-0.05, 0) is 6.07 Å². The minimum atomic E-state index is -0.510. The maximum atomic E-state index is 10.5. The normalized spacial score (nSPS) is 9.70. The van der Waals surface area contributed by atoms with E-state index in [0.29, 0.717) is 11.3 Å².